The number of guanidine groups is 1. The SMILES string of the molecule is CCN1CCN(C(=NCCc2ccco2)NC2CCOCC2)CC1=O.I. The molecule has 3 rings (SSSR count). The minimum Gasteiger partial charge on any atom is -0.469 e. The minimum absolute atomic E-state index is 0. The van der Waals surface area contributed by atoms with E-state index in [4.69, 9.17) is 14.1 Å². The van der Waals surface area contributed by atoms with Crippen LogP contribution in [0.1, 0.15) is 25.5 Å². The molecule has 0 saturated carbocycles. The third-order valence-corrected chi connectivity index (χ3v) is 4.75. The lowest BCUT2D eigenvalue weighted by Gasteiger charge is -2.37. The van der Waals surface area contributed by atoms with Crippen molar-refractivity contribution in [3.8, 4) is 0 Å². The van der Waals surface area contributed by atoms with Crippen LogP contribution in [0.2, 0.25) is 0 Å². The normalized spacial score (nSPS) is 19.4. The monoisotopic (exact) mass is 476 g/mol. The van der Waals surface area contributed by atoms with Gasteiger partial charge in [-0.25, -0.2) is 0 Å². The maximum absolute atomic E-state index is 12.3. The Kier molecular flexibility index (Phi) is 8.70. The number of amides is 1. The molecular formula is C18H29IN4O3. The number of nitrogens with zero attached hydrogens (tertiary/aromatic N) is 3. The first-order valence-corrected chi connectivity index (χ1v) is 9.20. The van der Waals surface area contributed by atoms with Gasteiger partial charge in [0.05, 0.1) is 12.8 Å². The summed E-state index contributed by atoms with van der Waals surface area (Å²) in [4.78, 5) is 21.0. The van der Waals surface area contributed by atoms with Gasteiger partial charge in [0.2, 0.25) is 5.91 Å². The lowest BCUT2D eigenvalue weighted by Crippen LogP contribution is -2.57. The van der Waals surface area contributed by atoms with E-state index < -0.39 is 0 Å². The number of ether oxygens (including phenoxy) is 1. The number of rotatable bonds is 5. The predicted octanol–water partition coefficient (Wildman–Crippen LogP) is 1.73. The van der Waals surface area contributed by atoms with Gasteiger partial charge in [-0.05, 0) is 31.9 Å². The maximum Gasteiger partial charge on any atom is 0.242 e. The Bertz CT molecular complexity index is 573. The Hall–Kier alpha value is -1.29. The van der Waals surface area contributed by atoms with Crippen LogP contribution in [-0.2, 0) is 16.0 Å². The second-order valence-corrected chi connectivity index (χ2v) is 6.46. The summed E-state index contributed by atoms with van der Waals surface area (Å²) in [7, 11) is 0. The smallest absolute Gasteiger partial charge is 0.242 e. The van der Waals surface area contributed by atoms with E-state index >= 15 is 0 Å². The number of piperazine rings is 1. The van der Waals surface area contributed by atoms with Gasteiger partial charge in [-0.3, -0.25) is 9.79 Å². The zero-order valence-electron chi connectivity index (χ0n) is 15.4. The molecule has 1 aromatic heterocycles. The lowest BCUT2D eigenvalue weighted by molar-refractivity contribution is -0.134. The molecule has 146 valence electrons. The van der Waals surface area contributed by atoms with Crippen molar-refractivity contribution in [2.24, 2.45) is 4.99 Å². The number of carbonyl (C=O) groups excluding carboxylic acids is 1. The molecule has 3 heterocycles. The van der Waals surface area contributed by atoms with Crippen molar-refractivity contribution < 1.29 is 13.9 Å². The molecule has 0 unspecified atom stereocenters. The second-order valence-electron chi connectivity index (χ2n) is 6.46. The summed E-state index contributed by atoms with van der Waals surface area (Å²) in [6, 6.07) is 4.21. The van der Waals surface area contributed by atoms with E-state index in [1.54, 1.807) is 6.26 Å². The van der Waals surface area contributed by atoms with Gasteiger partial charge < -0.3 is 24.3 Å². The lowest BCUT2D eigenvalue weighted by atomic mass is 10.1. The average Bonchev–Trinajstić information content (AvgIpc) is 3.15. The van der Waals surface area contributed by atoms with E-state index in [9.17, 15) is 4.79 Å². The molecule has 2 saturated heterocycles. The van der Waals surface area contributed by atoms with Gasteiger partial charge >= 0.3 is 0 Å². The Morgan fingerprint density at radius 3 is 2.81 bits per heavy atom. The van der Waals surface area contributed by atoms with Crippen LogP contribution < -0.4 is 5.32 Å². The van der Waals surface area contributed by atoms with Crippen LogP contribution in [0.5, 0.6) is 0 Å². The van der Waals surface area contributed by atoms with Crippen molar-refractivity contribution in [1.29, 1.82) is 0 Å². The third kappa shape index (κ3) is 5.87. The molecule has 26 heavy (non-hydrogen) atoms. The van der Waals surface area contributed by atoms with E-state index in [2.05, 4.69) is 10.2 Å². The van der Waals surface area contributed by atoms with Gasteiger partial charge in [-0.15, -0.1) is 24.0 Å². The Labute approximate surface area is 172 Å². The minimum atomic E-state index is 0. The van der Waals surface area contributed by atoms with Crippen LogP contribution in [0, 0.1) is 0 Å². The molecule has 0 aliphatic carbocycles. The molecule has 0 spiro atoms. The quantitative estimate of drug-likeness (QED) is 0.399. The van der Waals surface area contributed by atoms with E-state index in [1.165, 1.54) is 0 Å². The summed E-state index contributed by atoms with van der Waals surface area (Å²) < 4.78 is 10.8. The Morgan fingerprint density at radius 1 is 1.35 bits per heavy atom. The van der Waals surface area contributed by atoms with Gasteiger partial charge in [0.1, 0.15) is 5.76 Å². The van der Waals surface area contributed by atoms with Crippen molar-refractivity contribution in [3.05, 3.63) is 24.2 Å². The number of hydrogen-bond acceptors (Lipinski definition) is 4. The summed E-state index contributed by atoms with van der Waals surface area (Å²) in [6.45, 7) is 6.94. The highest BCUT2D eigenvalue weighted by Gasteiger charge is 2.26. The first kappa shape index (κ1) is 21.0. The van der Waals surface area contributed by atoms with Crippen LogP contribution in [0.3, 0.4) is 0 Å². The van der Waals surface area contributed by atoms with Crippen LogP contribution in [-0.4, -0.2) is 73.6 Å². The zero-order chi connectivity index (χ0) is 17.5. The molecule has 2 aliphatic heterocycles. The highest BCUT2D eigenvalue weighted by atomic mass is 127. The summed E-state index contributed by atoms with van der Waals surface area (Å²) in [6.07, 6.45) is 4.39. The number of carbonyl (C=O) groups is 1. The number of nitrogens with one attached hydrogen (secondary N) is 1. The van der Waals surface area contributed by atoms with Crippen molar-refractivity contribution in [3.63, 3.8) is 0 Å². The Morgan fingerprint density at radius 2 is 2.15 bits per heavy atom. The number of furan rings is 1. The summed E-state index contributed by atoms with van der Waals surface area (Å²) in [5.74, 6) is 1.94. The molecule has 0 radical (unpaired) electrons. The van der Waals surface area contributed by atoms with Crippen LogP contribution in [0.4, 0.5) is 0 Å². The van der Waals surface area contributed by atoms with Crippen LogP contribution >= 0.6 is 24.0 Å². The van der Waals surface area contributed by atoms with E-state index in [0.717, 1.165) is 63.8 Å². The fourth-order valence-electron chi connectivity index (χ4n) is 3.21. The number of halogens is 1. The molecule has 0 atom stereocenters. The average molecular weight is 476 g/mol. The fourth-order valence-corrected chi connectivity index (χ4v) is 3.21. The molecule has 7 nitrogen and oxygen atoms in total. The summed E-state index contributed by atoms with van der Waals surface area (Å²) in [5.41, 5.74) is 0. The molecule has 1 N–H and O–H groups in total. The maximum atomic E-state index is 12.3. The molecular weight excluding hydrogens is 447 g/mol. The molecule has 0 aromatic carbocycles. The third-order valence-electron chi connectivity index (χ3n) is 4.75. The van der Waals surface area contributed by atoms with Crippen LogP contribution in [0.15, 0.2) is 27.8 Å². The molecule has 1 amide bonds. The molecule has 0 bridgehead atoms. The molecule has 8 heteroatoms. The van der Waals surface area contributed by atoms with E-state index in [0.29, 0.717) is 19.1 Å². The summed E-state index contributed by atoms with van der Waals surface area (Å²) >= 11 is 0. The molecule has 2 aliphatic rings. The number of hydrogen-bond donors (Lipinski definition) is 1. The van der Waals surface area contributed by atoms with Crippen LogP contribution in [0.25, 0.3) is 0 Å². The first-order chi connectivity index (χ1) is 12.3. The van der Waals surface area contributed by atoms with Gasteiger partial charge in [-0.2, -0.15) is 0 Å². The van der Waals surface area contributed by atoms with Crippen molar-refractivity contribution in [2.75, 3.05) is 45.9 Å². The zero-order valence-corrected chi connectivity index (χ0v) is 17.7. The Balaban J connectivity index is 0.00000243. The predicted molar refractivity (Wildman–Crippen MR) is 111 cm³/mol. The first-order valence-electron chi connectivity index (χ1n) is 9.20. The fraction of sp³-hybridized carbons (Fsp3) is 0.667. The topological polar surface area (TPSA) is 70.3 Å². The van der Waals surface area contributed by atoms with Gasteiger partial charge in [0.15, 0.2) is 5.96 Å². The largest absolute Gasteiger partial charge is 0.469 e. The summed E-state index contributed by atoms with van der Waals surface area (Å²) in [5, 5.41) is 3.55. The van der Waals surface area contributed by atoms with Gasteiger partial charge in [-0.1, -0.05) is 0 Å². The second kappa shape index (κ2) is 10.8. The standard InChI is InChI=1S/C18H28N4O3.HI/c1-2-21-9-10-22(14-17(21)23)18(20-15-6-12-24-13-7-15)19-8-5-16-4-3-11-25-16;/h3-4,11,15H,2,5-10,12-14H2,1H3,(H,19,20);1H. The number of likely N-dealkylation sites (N-methyl/N-ethyl adjacent to an activating group) is 1. The van der Waals surface area contributed by atoms with Gasteiger partial charge in [0, 0.05) is 51.9 Å². The van der Waals surface area contributed by atoms with Gasteiger partial charge in [0.25, 0.3) is 0 Å². The van der Waals surface area contributed by atoms with E-state index in [-0.39, 0.29) is 29.9 Å². The van der Waals surface area contributed by atoms with E-state index in [1.807, 2.05) is 24.0 Å². The van der Waals surface area contributed by atoms with Crippen molar-refractivity contribution in [1.82, 2.24) is 15.1 Å². The van der Waals surface area contributed by atoms with Crippen molar-refractivity contribution >= 4 is 35.8 Å². The van der Waals surface area contributed by atoms with Crippen molar-refractivity contribution in [2.45, 2.75) is 32.2 Å². The highest BCUT2D eigenvalue weighted by molar-refractivity contribution is 14.0. The highest BCUT2D eigenvalue weighted by Crippen LogP contribution is 2.10. The number of aliphatic imine (C=N–C) groups is 1. The molecule has 1 aromatic rings. The molecule has 2 fully saturated rings.